The number of carbonyl (C=O) groups is 1. The average Bonchev–Trinajstić information content (AvgIpc) is 2.77. The van der Waals surface area contributed by atoms with E-state index in [1.165, 1.54) is 6.42 Å². The van der Waals surface area contributed by atoms with Gasteiger partial charge < -0.3 is 14.8 Å². The second-order valence-corrected chi connectivity index (χ2v) is 7.13. The van der Waals surface area contributed by atoms with Gasteiger partial charge in [0.1, 0.15) is 18.2 Å². The Kier molecular flexibility index (Phi) is 7.29. The summed E-state index contributed by atoms with van der Waals surface area (Å²) in [5.41, 5.74) is 1.72. The predicted octanol–water partition coefficient (Wildman–Crippen LogP) is 4.63. The van der Waals surface area contributed by atoms with Crippen LogP contribution in [0.25, 0.3) is 6.08 Å². The first-order chi connectivity index (χ1) is 14.2. The minimum Gasteiger partial charge on any atom is -0.493 e. The Balaban J connectivity index is 1.81. The highest BCUT2D eigenvalue weighted by atomic mass is 16.5. The van der Waals surface area contributed by atoms with E-state index in [0.717, 1.165) is 31.2 Å². The molecule has 1 fully saturated rings. The van der Waals surface area contributed by atoms with E-state index in [9.17, 15) is 10.1 Å². The van der Waals surface area contributed by atoms with Gasteiger partial charge in [-0.25, -0.2) is 0 Å². The summed E-state index contributed by atoms with van der Waals surface area (Å²) in [6.07, 6.45) is 6.94. The molecular weight excluding hydrogens is 364 g/mol. The number of nitrogens with zero attached hydrogens (tertiary/aromatic N) is 1. The molecule has 1 amide bonds. The Labute approximate surface area is 172 Å². The van der Waals surface area contributed by atoms with Crippen LogP contribution in [0.4, 0.5) is 0 Å². The van der Waals surface area contributed by atoms with Crippen LogP contribution < -0.4 is 14.8 Å². The molecule has 0 unspecified atom stereocenters. The Morgan fingerprint density at radius 1 is 1.14 bits per heavy atom. The van der Waals surface area contributed by atoms with Crippen molar-refractivity contribution in [3.8, 4) is 17.6 Å². The summed E-state index contributed by atoms with van der Waals surface area (Å²) in [5.74, 6) is 0.730. The van der Waals surface area contributed by atoms with Crippen LogP contribution in [0.1, 0.15) is 43.2 Å². The number of hydrogen-bond acceptors (Lipinski definition) is 4. The van der Waals surface area contributed by atoms with Crippen LogP contribution in [-0.2, 0) is 11.4 Å². The van der Waals surface area contributed by atoms with Crippen molar-refractivity contribution in [1.82, 2.24) is 5.32 Å². The lowest BCUT2D eigenvalue weighted by molar-refractivity contribution is -0.117. The second-order valence-electron chi connectivity index (χ2n) is 7.13. The Hall–Kier alpha value is -3.26. The molecule has 1 aliphatic rings. The van der Waals surface area contributed by atoms with Crippen molar-refractivity contribution in [2.45, 2.75) is 44.8 Å². The van der Waals surface area contributed by atoms with Gasteiger partial charge in [0.2, 0.25) is 0 Å². The highest BCUT2D eigenvalue weighted by Crippen LogP contribution is 2.33. The summed E-state index contributed by atoms with van der Waals surface area (Å²) in [4.78, 5) is 12.6. The molecule has 1 aliphatic carbocycles. The number of methoxy groups -OCH3 is 1. The van der Waals surface area contributed by atoms with E-state index in [2.05, 4.69) is 5.32 Å². The Morgan fingerprint density at radius 3 is 2.59 bits per heavy atom. The molecule has 0 spiro atoms. The van der Waals surface area contributed by atoms with Gasteiger partial charge >= 0.3 is 0 Å². The molecule has 2 aromatic rings. The lowest BCUT2D eigenvalue weighted by Gasteiger charge is -2.22. The average molecular weight is 390 g/mol. The van der Waals surface area contributed by atoms with E-state index in [-0.39, 0.29) is 17.5 Å². The third-order valence-corrected chi connectivity index (χ3v) is 5.06. The first kappa shape index (κ1) is 20.5. The predicted molar refractivity (Wildman–Crippen MR) is 112 cm³/mol. The van der Waals surface area contributed by atoms with Crippen molar-refractivity contribution in [1.29, 1.82) is 5.26 Å². The fourth-order valence-electron chi connectivity index (χ4n) is 3.51. The van der Waals surface area contributed by atoms with Crippen LogP contribution in [0.5, 0.6) is 11.5 Å². The van der Waals surface area contributed by atoms with Crippen molar-refractivity contribution in [3.63, 3.8) is 0 Å². The maximum absolute atomic E-state index is 12.6. The second kappa shape index (κ2) is 10.3. The summed E-state index contributed by atoms with van der Waals surface area (Å²) in [5, 5.41) is 12.6. The van der Waals surface area contributed by atoms with Crippen molar-refractivity contribution in [2.75, 3.05) is 7.11 Å². The third kappa shape index (κ3) is 5.61. The molecule has 0 heterocycles. The number of para-hydroxylation sites is 1. The first-order valence-electron chi connectivity index (χ1n) is 9.97. The summed E-state index contributed by atoms with van der Waals surface area (Å²) >= 11 is 0. The molecule has 3 rings (SSSR count). The van der Waals surface area contributed by atoms with Gasteiger partial charge in [0.25, 0.3) is 5.91 Å². The lowest BCUT2D eigenvalue weighted by atomic mass is 9.95. The quantitative estimate of drug-likeness (QED) is 0.553. The highest BCUT2D eigenvalue weighted by Gasteiger charge is 2.19. The van der Waals surface area contributed by atoms with Crippen LogP contribution in [0, 0.1) is 11.3 Å². The molecule has 0 atom stereocenters. The highest BCUT2D eigenvalue weighted by molar-refractivity contribution is 6.02. The fourth-order valence-corrected chi connectivity index (χ4v) is 3.51. The van der Waals surface area contributed by atoms with Gasteiger partial charge in [-0.15, -0.1) is 0 Å². The van der Waals surface area contributed by atoms with E-state index in [4.69, 9.17) is 9.47 Å². The van der Waals surface area contributed by atoms with Crippen molar-refractivity contribution >= 4 is 12.0 Å². The first-order valence-corrected chi connectivity index (χ1v) is 9.97. The molecule has 29 heavy (non-hydrogen) atoms. The van der Waals surface area contributed by atoms with Gasteiger partial charge in [-0.3, -0.25) is 4.79 Å². The minimum absolute atomic E-state index is 0.0633. The van der Waals surface area contributed by atoms with Crippen molar-refractivity contribution < 1.29 is 14.3 Å². The van der Waals surface area contributed by atoms with E-state index < -0.39 is 0 Å². The Bertz CT molecular complexity index is 894. The maximum atomic E-state index is 12.6. The molecule has 5 heteroatoms. The number of amides is 1. The molecule has 150 valence electrons. The third-order valence-electron chi connectivity index (χ3n) is 5.06. The van der Waals surface area contributed by atoms with Gasteiger partial charge in [-0.1, -0.05) is 61.7 Å². The van der Waals surface area contributed by atoms with Crippen LogP contribution in [0.15, 0.2) is 54.1 Å². The number of benzene rings is 2. The summed E-state index contributed by atoms with van der Waals surface area (Å²) < 4.78 is 11.4. The summed E-state index contributed by atoms with van der Waals surface area (Å²) in [6.45, 7) is 0.359. The minimum atomic E-state index is -0.337. The smallest absolute Gasteiger partial charge is 0.262 e. The molecule has 0 radical (unpaired) electrons. The molecule has 5 nitrogen and oxygen atoms in total. The number of rotatable bonds is 7. The van der Waals surface area contributed by atoms with E-state index in [1.807, 2.05) is 48.5 Å². The lowest BCUT2D eigenvalue weighted by Crippen LogP contribution is -2.36. The Morgan fingerprint density at radius 2 is 1.90 bits per heavy atom. The van der Waals surface area contributed by atoms with Gasteiger partial charge in [-0.2, -0.15) is 5.26 Å². The number of hydrogen-bond donors (Lipinski definition) is 1. The van der Waals surface area contributed by atoms with Gasteiger partial charge in [0.05, 0.1) is 7.11 Å². The number of nitrogens with one attached hydrogen (secondary N) is 1. The molecule has 1 saturated carbocycles. The van der Waals surface area contributed by atoms with Gasteiger partial charge in [0, 0.05) is 11.6 Å². The summed E-state index contributed by atoms with van der Waals surface area (Å²) in [7, 11) is 1.57. The molecule has 0 bridgehead atoms. The van der Waals surface area contributed by atoms with Crippen molar-refractivity contribution in [2.24, 2.45) is 0 Å². The molecule has 0 saturated heterocycles. The molecular formula is C24H26N2O3. The van der Waals surface area contributed by atoms with E-state index in [1.54, 1.807) is 19.3 Å². The van der Waals surface area contributed by atoms with E-state index >= 15 is 0 Å². The molecule has 2 aromatic carbocycles. The van der Waals surface area contributed by atoms with Crippen molar-refractivity contribution in [3.05, 3.63) is 65.2 Å². The number of ether oxygens (including phenoxy) is 2. The van der Waals surface area contributed by atoms with Crippen LogP contribution in [0.2, 0.25) is 0 Å². The fraction of sp³-hybridized carbons (Fsp3) is 0.333. The van der Waals surface area contributed by atoms with Crippen LogP contribution in [-0.4, -0.2) is 19.1 Å². The number of nitriles is 1. The maximum Gasteiger partial charge on any atom is 0.262 e. The zero-order valence-electron chi connectivity index (χ0n) is 16.7. The zero-order chi connectivity index (χ0) is 20.5. The monoisotopic (exact) mass is 390 g/mol. The summed E-state index contributed by atoms with van der Waals surface area (Å²) in [6, 6.07) is 17.4. The molecule has 0 aliphatic heterocycles. The van der Waals surface area contributed by atoms with Crippen LogP contribution >= 0.6 is 0 Å². The van der Waals surface area contributed by atoms with Gasteiger partial charge in [-0.05, 0) is 30.5 Å². The SMILES string of the molecule is COc1cccc(C=C(C#N)C(=O)NC2CCCCC2)c1OCc1ccccc1. The zero-order valence-corrected chi connectivity index (χ0v) is 16.7. The molecule has 0 aromatic heterocycles. The largest absolute Gasteiger partial charge is 0.493 e. The molecule has 1 N–H and O–H groups in total. The van der Waals surface area contributed by atoms with Crippen LogP contribution in [0.3, 0.4) is 0 Å². The normalized spacial score (nSPS) is 14.7. The topological polar surface area (TPSA) is 71.3 Å². The number of carbonyl (C=O) groups excluding carboxylic acids is 1. The standard InChI is InChI=1S/C24H26N2O3/c1-28-22-14-8-11-19(23(22)29-17-18-9-4-2-5-10-18)15-20(16-25)24(27)26-21-12-6-3-7-13-21/h2,4-5,8-11,14-15,21H,3,6-7,12-13,17H2,1H3,(H,26,27). The van der Waals surface area contributed by atoms with Gasteiger partial charge in [0.15, 0.2) is 11.5 Å². The van der Waals surface area contributed by atoms with E-state index in [0.29, 0.717) is 23.7 Å².